The van der Waals surface area contributed by atoms with E-state index in [0.29, 0.717) is 18.1 Å². The Morgan fingerprint density at radius 1 is 1.16 bits per heavy atom. The van der Waals surface area contributed by atoms with E-state index >= 15 is 0 Å². The van der Waals surface area contributed by atoms with Crippen molar-refractivity contribution in [1.82, 2.24) is 19.5 Å². The average Bonchev–Trinajstić information content (AvgIpc) is 3.20. The second-order valence-electron chi connectivity index (χ2n) is 7.78. The second-order valence-corrected chi connectivity index (χ2v) is 9.27. The molecule has 0 unspecified atom stereocenters. The number of nitrogens with zero attached hydrogens (tertiary/aromatic N) is 4. The van der Waals surface area contributed by atoms with Crippen LogP contribution in [0.15, 0.2) is 52.8 Å². The lowest BCUT2D eigenvalue weighted by Gasteiger charge is -2.14. The molecule has 6 nitrogen and oxygen atoms in total. The van der Waals surface area contributed by atoms with Crippen LogP contribution >= 0.6 is 22.9 Å². The first-order chi connectivity index (χ1) is 15.3. The molecule has 8 heteroatoms. The number of rotatable bonds is 6. The summed E-state index contributed by atoms with van der Waals surface area (Å²) in [6.45, 7) is 8.20. The van der Waals surface area contributed by atoms with Crippen LogP contribution in [0, 0.1) is 13.8 Å². The summed E-state index contributed by atoms with van der Waals surface area (Å²) in [5, 5.41) is 1.97. The number of hydrogen-bond donors (Lipinski definition) is 0. The van der Waals surface area contributed by atoms with Gasteiger partial charge in [0.25, 0.3) is 5.56 Å². The topological polar surface area (TPSA) is 69.9 Å². The highest BCUT2D eigenvalue weighted by Crippen LogP contribution is 2.25. The molecule has 0 bridgehead atoms. The molecule has 32 heavy (non-hydrogen) atoms. The first-order valence-corrected chi connectivity index (χ1v) is 11.5. The monoisotopic (exact) mass is 466 g/mol. The van der Waals surface area contributed by atoms with E-state index in [0.717, 1.165) is 22.6 Å². The fourth-order valence-corrected chi connectivity index (χ4v) is 4.20. The van der Waals surface area contributed by atoms with Crippen LogP contribution in [0.3, 0.4) is 0 Å². The summed E-state index contributed by atoms with van der Waals surface area (Å²) in [4.78, 5) is 27.7. The van der Waals surface area contributed by atoms with Gasteiger partial charge >= 0.3 is 0 Å². The molecule has 0 aliphatic rings. The highest BCUT2D eigenvalue weighted by Gasteiger charge is 2.16. The molecule has 0 fully saturated rings. The molecule has 1 aromatic carbocycles. The fraction of sp³-hybridized carbons (Fsp3) is 0.250. The number of aromatic nitrogens is 4. The van der Waals surface area contributed by atoms with Gasteiger partial charge < -0.3 is 4.74 Å². The third-order valence-corrected chi connectivity index (χ3v) is 6.15. The molecule has 4 aromatic rings. The lowest BCUT2D eigenvalue weighted by Crippen LogP contribution is -2.23. The van der Waals surface area contributed by atoms with E-state index in [2.05, 4.69) is 28.8 Å². The Morgan fingerprint density at radius 2 is 1.97 bits per heavy atom. The minimum absolute atomic E-state index is 0.0444. The maximum Gasteiger partial charge on any atom is 0.280 e. The standard InChI is InChI=1S/C24H23ClN4O2S/c1-14(2)22-26-9-8-20(28-22)18-6-5-7-19(11-18)29-16(4)27-23(21(25)24(29)30)31-12-17-10-15(3)32-13-17/h5-11,13-14H,12H2,1-4H3. The van der Waals surface area contributed by atoms with Crippen molar-refractivity contribution >= 4 is 22.9 Å². The molecule has 0 atom stereocenters. The van der Waals surface area contributed by atoms with Crippen LogP contribution in [0.1, 0.15) is 41.9 Å². The van der Waals surface area contributed by atoms with Crippen LogP contribution in [-0.4, -0.2) is 19.5 Å². The van der Waals surface area contributed by atoms with Crippen molar-refractivity contribution in [3.63, 3.8) is 0 Å². The van der Waals surface area contributed by atoms with Gasteiger partial charge in [-0.05, 0) is 43.5 Å². The maximum absolute atomic E-state index is 13.1. The molecule has 0 radical (unpaired) electrons. The van der Waals surface area contributed by atoms with Crippen LogP contribution in [0.4, 0.5) is 0 Å². The van der Waals surface area contributed by atoms with Crippen molar-refractivity contribution in [2.24, 2.45) is 0 Å². The third kappa shape index (κ3) is 4.59. The van der Waals surface area contributed by atoms with Crippen molar-refractivity contribution in [2.75, 3.05) is 0 Å². The van der Waals surface area contributed by atoms with Crippen molar-refractivity contribution in [3.05, 3.63) is 85.4 Å². The van der Waals surface area contributed by atoms with E-state index in [9.17, 15) is 4.79 Å². The number of hydrogen-bond acceptors (Lipinski definition) is 6. The molecule has 0 aliphatic heterocycles. The Morgan fingerprint density at radius 3 is 2.69 bits per heavy atom. The lowest BCUT2D eigenvalue weighted by atomic mass is 10.1. The summed E-state index contributed by atoms with van der Waals surface area (Å²) >= 11 is 8.01. The molecule has 0 saturated carbocycles. The molecule has 0 N–H and O–H groups in total. The van der Waals surface area contributed by atoms with E-state index in [1.807, 2.05) is 48.7 Å². The van der Waals surface area contributed by atoms with Gasteiger partial charge in [-0.3, -0.25) is 9.36 Å². The SMILES string of the molecule is Cc1cc(COc2nc(C)n(-c3cccc(-c4ccnc(C(C)C)n4)c3)c(=O)c2Cl)cs1. The van der Waals surface area contributed by atoms with Gasteiger partial charge in [0.05, 0.1) is 11.4 Å². The molecule has 0 aliphatic carbocycles. The quantitative estimate of drug-likeness (QED) is 0.363. The average molecular weight is 467 g/mol. The van der Waals surface area contributed by atoms with E-state index in [-0.39, 0.29) is 22.4 Å². The molecule has 0 spiro atoms. The first-order valence-electron chi connectivity index (χ1n) is 10.2. The second kappa shape index (κ2) is 9.22. The fourth-order valence-electron chi connectivity index (χ4n) is 3.32. The number of thiophene rings is 1. The van der Waals surface area contributed by atoms with Crippen LogP contribution < -0.4 is 10.3 Å². The summed E-state index contributed by atoms with van der Waals surface area (Å²) in [5.41, 5.74) is 2.97. The molecule has 164 valence electrons. The molecule has 3 heterocycles. The number of ether oxygens (including phenoxy) is 1. The van der Waals surface area contributed by atoms with Gasteiger partial charge in [0.15, 0.2) is 5.02 Å². The Bertz CT molecular complexity index is 1330. The Kier molecular flexibility index (Phi) is 6.39. The number of halogens is 1. The molecule has 3 aromatic heterocycles. The van der Waals surface area contributed by atoms with Crippen molar-refractivity contribution < 1.29 is 4.74 Å². The summed E-state index contributed by atoms with van der Waals surface area (Å²) in [6.07, 6.45) is 1.75. The van der Waals surface area contributed by atoms with Gasteiger partial charge in [-0.25, -0.2) is 9.97 Å². The third-order valence-electron chi connectivity index (χ3n) is 4.92. The Balaban J connectivity index is 1.68. The van der Waals surface area contributed by atoms with E-state index in [4.69, 9.17) is 16.3 Å². The van der Waals surface area contributed by atoms with Gasteiger partial charge in [0.1, 0.15) is 18.3 Å². The molecule has 4 rings (SSSR count). The number of aryl methyl sites for hydroxylation is 2. The van der Waals surface area contributed by atoms with Crippen LogP contribution in [0.25, 0.3) is 16.9 Å². The molecule has 0 saturated heterocycles. The zero-order chi connectivity index (χ0) is 22.8. The van der Waals surface area contributed by atoms with Gasteiger partial charge in [0.2, 0.25) is 5.88 Å². The van der Waals surface area contributed by atoms with Gasteiger partial charge in [-0.2, -0.15) is 4.98 Å². The Hall–Kier alpha value is -3.03. The molecular weight excluding hydrogens is 444 g/mol. The van der Waals surface area contributed by atoms with Crippen LogP contribution in [-0.2, 0) is 6.61 Å². The summed E-state index contributed by atoms with van der Waals surface area (Å²) in [5.74, 6) is 1.62. The predicted molar refractivity (Wildman–Crippen MR) is 128 cm³/mol. The molecular formula is C24H23ClN4O2S. The van der Waals surface area contributed by atoms with E-state index in [1.54, 1.807) is 24.5 Å². The highest BCUT2D eigenvalue weighted by atomic mass is 35.5. The van der Waals surface area contributed by atoms with Crippen molar-refractivity contribution in [1.29, 1.82) is 0 Å². The summed E-state index contributed by atoms with van der Waals surface area (Å²) < 4.78 is 7.23. The van der Waals surface area contributed by atoms with E-state index < -0.39 is 0 Å². The molecule has 0 amide bonds. The number of benzene rings is 1. The summed E-state index contributed by atoms with van der Waals surface area (Å²) in [6, 6.07) is 11.5. The Labute approximate surface area is 195 Å². The highest BCUT2D eigenvalue weighted by molar-refractivity contribution is 7.10. The lowest BCUT2D eigenvalue weighted by molar-refractivity contribution is 0.292. The van der Waals surface area contributed by atoms with Crippen molar-refractivity contribution in [3.8, 4) is 22.8 Å². The minimum atomic E-state index is -0.377. The largest absolute Gasteiger partial charge is 0.472 e. The zero-order valence-electron chi connectivity index (χ0n) is 18.3. The van der Waals surface area contributed by atoms with Crippen LogP contribution in [0.2, 0.25) is 5.02 Å². The van der Waals surface area contributed by atoms with Gasteiger partial charge in [-0.1, -0.05) is 37.6 Å². The zero-order valence-corrected chi connectivity index (χ0v) is 19.9. The van der Waals surface area contributed by atoms with Gasteiger partial charge in [-0.15, -0.1) is 11.3 Å². The van der Waals surface area contributed by atoms with Crippen molar-refractivity contribution in [2.45, 2.75) is 40.2 Å². The van der Waals surface area contributed by atoms with E-state index in [1.165, 1.54) is 9.44 Å². The minimum Gasteiger partial charge on any atom is -0.472 e. The normalized spacial score (nSPS) is 11.2. The first kappa shape index (κ1) is 22.2. The smallest absolute Gasteiger partial charge is 0.280 e. The summed E-state index contributed by atoms with van der Waals surface area (Å²) in [7, 11) is 0. The maximum atomic E-state index is 13.1. The predicted octanol–water partition coefficient (Wildman–Crippen LogP) is 5.72. The van der Waals surface area contributed by atoms with Crippen LogP contribution in [0.5, 0.6) is 5.88 Å². The van der Waals surface area contributed by atoms with Gasteiger partial charge in [0, 0.05) is 28.1 Å².